The zero-order valence-corrected chi connectivity index (χ0v) is 16.1. The van der Waals surface area contributed by atoms with Gasteiger partial charge in [-0.15, -0.1) is 0 Å². The second-order valence-electron chi connectivity index (χ2n) is 6.93. The normalized spacial score (nSPS) is 13.2. The van der Waals surface area contributed by atoms with E-state index in [9.17, 15) is 20.1 Å². The number of benzene rings is 2. The lowest BCUT2D eigenvalue weighted by molar-refractivity contribution is 0.0667. The molecule has 0 amide bonds. The molecule has 0 aliphatic heterocycles. The topological polar surface area (TPSA) is 112 Å². The maximum Gasteiger partial charge on any atom is 0.200 e. The fourth-order valence-electron chi connectivity index (χ4n) is 2.71. The number of halogens is 1. The Hall–Kier alpha value is -2.16. The lowest BCUT2D eigenvalue weighted by Gasteiger charge is -2.27. The Morgan fingerprint density at radius 2 is 1.96 bits per heavy atom. The first-order valence-electron chi connectivity index (χ1n) is 8.79. The second-order valence-corrected chi connectivity index (χ2v) is 7.36. The molecule has 2 aromatic carbocycles. The first kappa shape index (κ1) is 20.6. The highest BCUT2D eigenvalue weighted by Crippen LogP contribution is 2.28. The molecule has 1 unspecified atom stereocenters. The predicted octanol–water partition coefficient (Wildman–Crippen LogP) is 1.67. The van der Waals surface area contributed by atoms with Crippen LogP contribution in [0.3, 0.4) is 0 Å². The van der Waals surface area contributed by atoms with E-state index in [1.807, 2.05) is 0 Å². The van der Waals surface area contributed by atoms with Crippen LogP contribution >= 0.6 is 11.6 Å². The summed E-state index contributed by atoms with van der Waals surface area (Å²) in [6, 6.07) is 9.78. The van der Waals surface area contributed by atoms with Crippen LogP contribution in [0.5, 0.6) is 5.75 Å². The molecule has 1 aromatic heterocycles. The third-order valence-electron chi connectivity index (χ3n) is 4.52. The van der Waals surface area contributed by atoms with Crippen LogP contribution in [0, 0.1) is 0 Å². The Bertz CT molecular complexity index is 1030. The Morgan fingerprint density at radius 3 is 2.68 bits per heavy atom. The Morgan fingerprint density at radius 1 is 1.21 bits per heavy atom. The highest BCUT2D eigenvalue weighted by atomic mass is 35.5. The van der Waals surface area contributed by atoms with Crippen molar-refractivity contribution in [1.29, 1.82) is 0 Å². The van der Waals surface area contributed by atoms with E-state index in [2.05, 4.69) is 5.32 Å². The van der Waals surface area contributed by atoms with Crippen LogP contribution in [0.15, 0.2) is 45.6 Å². The zero-order valence-electron chi connectivity index (χ0n) is 15.3. The number of ether oxygens (including phenoxy) is 1. The summed E-state index contributed by atoms with van der Waals surface area (Å²) in [5.41, 5.74) is -0.462. The van der Waals surface area contributed by atoms with Crippen molar-refractivity contribution in [3.8, 4) is 5.75 Å². The lowest BCUT2D eigenvalue weighted by Crippen LogP contribution is -2.52. The number of aliphatic hydroxyl groups excluding tert-OH is 3. The van der Waals surface area contributed by atoms with E-state index in [0.717, 1.165) is 0 Å². The van der Waals surface area contributed by atoms with Gasteiger partial charge in [-0.2, -0.15) is 0 Å². The maximum absolute atomic E-state index is 12.7. The number of nitrogens with one attached hydrogen (secondary N) is 1. The maximum atomic E-state index is 12.7. The van der Waals surface area contributed by atoms with Crippen molar-refractivity contribution in [2.75, 3.05) is 26.4 Å². The molecule has 8 heteroatoms. The first-order valence-corrected chi connectivity index (χ1v) is 9.17. The van der Waals surface area contributed by atoms with Gasteiger partial charge in [-0.05, 0) is 31.2 Å². The minimum Gasteiger partial charge on any atom is -0.487 e. The van der Waals surface area contributed by atoms with Crippen LogP contribution in [0.2, 0.25) is 5.02 Å². The van der Waals surface area contributed by atoms with Gasteiger partial charge < -0.3 is 29.8 Å². The molecule has 0 bridgehead atoms. The molecule has 3 aromatic rings. The van der Waals surface area contributed by atoms with Crippen LogP contribution in [-0.2, 0) is 0 Å². The van der Waals surface area contributed by atoms with Crippen LogP contribution < -0.4 is 15.5 Å². The monoisotopic (exact) mass is 407 g/mol. The molecule has 1 atom stereocenters. The molecule has 7 nitrogen and oxygen atoms in total. The number of aliphatic hydroxyl groups is 3. The summed E-state index contributed by atoms with van der Waals surface area (Å²) in [5.74, 6) is 0.322. The third-order valence-corrected chi connectivity index (χ3v) is 4.75. The molecule has 3 rings (SSSR count). The van der Waals surface area contributed by atoms with E-state index in [4.69, 9.17) is 20.8 Å². The summed E-state index contributed by atoms with van der Waals surface area (Å²) in [6.07, 6.45) is -0.908. The molecule has 28 heavy (non-hydrogen) atoms. The predicted molar refractivity (Wildman–Crippen MR) is 107 cm³/mol. The molecule has 1 heterocycles. The minimum atomic E-state index is -0.908. The average Bonchev–Trinajstić information content (AvgIpc) is 2.70. The number of hydrogen-bond acceptors (Lipinski definition) is 7. The van der Waals surface area contributed by atoms with Gasteiger partial charge in [0.25, 0.3) is 0 Å². The summed E-state index contributed by atoms with van der Waals surface area (Å²) in [7, 11) is 0. The molecule has 0 saturated carbocycles. The quantitative estimate of drug-likeness (QED) is 0.420. The second kappa shape index (κ2) is 8.46. The largest absolute Gasteiger partial charge is 0.487 e. The molecule has 4 N–H and O–H groups in total. The number of para-hydroxylation sites is 1. The highest BCUT2D eigenvalue weighted by molar-refractivity contribution is 6.31. The lowest BCUT2D eigenvalue weighted by atomic mass is 10.1. The van der Waals surface area contributed by atoms with Gasteiger partial charge in [-0.3, -0.25) is 4.79 Å². The van der Waals surface area contributed by atoms with E-state index in [-0.39, 0.29) is 37.4 Å². The summed E-state index contributed by atoms with van der Waals surface area (Å²) >= 11 is 5.99. The number of fused-ring (bicyclic) bond motifs is 2. The summed E-state index contributed by atoms with van der Waals surface area (Å²) in [4.78, 5) is 12.7. The highest BCUT2D eigenvalue weighted by Gasteiger charge is 2.23. The molecule has 0 radical (unpaired) electrons. The van der Waals surface area contributed by atoms with Crippen molar-refractivity contribution in [1.82, 2.24) is 5.32 Å². The molecule has 0 aliphatic rings. The summed E-state index contributed by atoms with van der Waals surface area (Å²) < 4.78 is 11.5. The van der Waals surface area contributed by atoms with Crippen LogP contribution in [0.4, 0.5) is 0 Å². The van der Waals surface area contributed by atoms with Gasteiger partial charge in [-0.1, -0.05) is 17.7 Å². The van der Waals surface area contributed by atoms with Gasteiger partial charge in [0, 0.05) is 17.6 Å². The van der Waals surface area contributed by atoms with Crippen LogP contribution in [0.25, 0.3) is 21.9 Å². The SMILES string of the molecule is CC(CO)(CO)NCC(O)COc1cccc2c(=O)c3ccc(Cl)cc3oc12. The molecule has 0 spiro atoms. The Labute approximate surface area is 166 Å². The minimum absolute atomic E-state index is 0.0731. The van der Waals surface area contributed by atoms with E-state index in [1.54, 1.807) is 43.3 Å². The molecule has 0 saturated heterocycles. The summed E-state index contributed by atoms with van der Waals surface area (Å²) in [5, 5.41) is 32.8. The molecule has 150 valence electrons. The van der Waals surface area contributed by atoms with Crippen LogP contribution in [-0.4, -0.2) is 53.3 Å². The van der Waals surface area contributed by atoms with Gasteiger partial charge in [0.2, 0.25) is 5.43 Å². The zero-order chi connectivity index (χ0) is 20.3. The molecular weight excluding hydrogens is 386 g/mol. The van der Waals surface area contributed by atoms with Crippen molar-refractivity contribution in [2.45, 2.75) is 18.6 Å². The Balaban J connectivity index is 1.82. The van der Waals surface area contributed by atoms with E-state index in [0.29, 0.717) is 27.1 Å². The smallest absolute Gasteiger partial charge is 0.200 e. The number of rotatable bonds is 8. The van der Waals surface area contributed by atoms with Gasteiger partial charge in [-0.25, -0.2) is 0 Å². The van der Waals surface area contributed by atoms with Gasteiger partial charge >= 0.3 is 0 Å². The van der Waals surface area contributed by atoms with Crippen LogP contribution in [0.1, 0.15) is 6.92 Å². The summed E-state index contributed by atoms with van der Waals surface area (Å²) in [6.45, 7) is 1.11. The van der Waals surface area contributed by atoms with Crippen molar-refractivity contribution in [2.24, 2.45) is 0 Å². The van der Waals surface area contributed by atoms with Crippen molar-refractivity contribution >= 4 is 33.5 Å². The fourth-order valence-corrected chi connectivity index (χ4v) is 2.87. The first-order chi connectivity index (χ1) is 13.4. The van der Waals surface area contributed by atoms with Crippen molar-refractivity contribution in [3.63, 3.8) is 0 Å². The standard InChI is InChI=1S/C20H22ClNO6/c1-20(10-23,11-24)22-8-13(25)9-27-16-4-2-3-15-18(26)14-6-5-12(21)7-17(14)28-19(15)16/h2-7,13,22-25H,8-11H2,1H3. The molecule has 0 aliphatic carbocycles. The third kappa shape index (κ3) is 4.29. The molecular formula is C20H22ClNO6. The van der Waals surface area contributed by atoms with Gasteiger partial charge in [0.05, 0.1) is 29.5 Å². The van der Waals surface area contributed by atoms with Crippen molar-refractivity contribution in [3.05, 3.63) is 51.6 Å². The van der Waals surface area contributed by atoms with Gasteiger partial charge in [0.15, 0.2) is 11.3 Å². The molecule has 0 fully saturated rings. The van der Waals surface area contributed by atoms with E-state index in [1.165, 1.54) is 0 Å². The van der Waals surface area contributed by atoms with E-state index >= 15 is 0 Å². The van der Waals surface area contributed by atoms with Crippen molar-refractivity contribution < 1.29 is 24.5 Å². The van der Waals surface area contributed by atoms with Gasteiger partial charge in [0.1, 0.15) is 18.3 Å². The Kier molecular flexibility index (Phi) is 6.22. The van der Waals surface area contributed by atoms with E-state index < -0.39 is 11.6 Å². The number of β-amino-alcohol motifs (C(OH)–C–C–N with tert-alkyl or cyclic N) is 1. The average molecular weight is 408 g/mol. The fraction of sp³-hybridized carbons (Fsp3) is 0.350. The number of hydrogen-bond donors (Lipinski definition) is 4.